The maximum absolute atomic E-state index is 10.6. The molecule has 0 spiro atoms. The molecule has 4 nitrogen and oxygen atoms in total. The van der Waals surface area contributed by atoms with Gasteiger partial charge in [-0.2, -0.15) is 0 Å². The standard InChI is InChI=1S/C13H18N2O2/c14-10-13(7-1-2-8-13)9-11-3-5-12(6-4-11)15(16)17/h3-6H,1-2,7-10,14H2. The number of benzene rings is 1. The van der Waals surface area contributed by atoms with E-state index >= 15 is 0 Å². The van der Waals surface area contributed by atoms with Crippen LogP contribution in [0.1, 0.15) is 31.2 Å². The van der Waals surface area contributed by atoms with Gasteiger partial charge in [-0.05, 0) is 36.8 Å². The number of nitro benzene ring substituents is 1. The van der Waals surface area contributed by atoms with Crippen molar-refractivity contribution in [2.75, 3.05) is 6.54 Å². The largest absolute Gasteiger partial charge is 0.330 e. The van der Waals surface area contributed by atoms with Gasteiger partial charge < -0.3 is 5.73 Å². The van der Waals surface area contributed by atoms with Crippen molar-refractivity contribution in [3.05, 3.63) is 39.9 Å². The second-order valence-electron chi connectivity index (χ2n) is 5.01. The van der Waals surface area contributed by atoms with Crippen molar-refractivity contribution in [3.8, 4) is 0 Å². The molecule has 0 aromatic heterocycles. The van der Waals surface area contributed by atoms with E-state index in [0.717, 1.165) is 12.0 Å². The molecule has 17 heavy (non-hydrogen) atoms. The Kier molecular flexibility index (Phi) is 3.43. The quantitative estimate of drug-likeness (QED) is 0.643. The summed E-state index contributed by atoms with van der Waals surface area (Å²) in [6.45, 7) is 0.712. The number of hydrogen-bond donors (Lipinski definition) is 1. The zero-order chi connectivity index (χ0) is 12.3. The van der Waals surface area contributed by atoms with Gasteiger partial charge in [-0.3, -0.25) is 10.1 Å². The van der Waals surface area contributed by atoms with E-state index in [1.54, 1.807) is 12.1 Å². The van der Waals surface area contributed by atoms with E-state index in [1.807, 2.05) is 12.1 Å². The Morgan fingerprint density at radius 2 is 1.82 bits per heavy atom. The second kappa shape index (κ2) is 4.84. The van der Waals surface area contributed by atoms with E-state index < -0.39 is 0 Å². The lowest BCUT2D eigenvalue weighted by Crippen LogP contribution is -2.29. The van der Waals surface area contributed by atoms with Gasteiger partial charge in [0, 0.05) is 12.1 Å². The van der Waals surface area contributed by atoms with Crippen LogP contribution in [0, 0.1) is 15.5 Å². The zero-order valence-electron chi connectivity index (χ0n) is 9.89. The Morgan fingerprint density at radius 1 is 1.24 bits per heavy atom. The lowest BCUT2D eigenvalue weighted by atomic mass is 9.80. The highest BCUT2D eigenvalue weighted by molar-refractivity contribution is 5.33. The third kappa shape index (κ3) is 2.64. The summed E-state index contributed by atoms with van der Waals surface area (Å²) in [6.07, 6.45) is 5.82. The van der Waals surface area contributed by atoms with E-state index in [-0.39, 0.29) is 16.0 Å². The smallest absolute Gasteiger partial charge is 0.269 e. The molecule has 2 rings (SSSR count). The van der Waals surface area contributed by atoms with Crippen LogP contribution in [-0.4, -0.2) is 11.5 Å². The molecule has 0 saturated heterocycles. The highest BCUT2D eigenvalue weighted by Gasteiger charge is 2.32. The lowest BCUT2D eigenvalue weighted by molar-refractivity contribution is -0.384. The van der Waals surface area contributed by atoms with Gasteiger partial charge in [0.25, 0.3) is 5.69 Å². The maximum atomic E-state index is 10.6. The van der Waals surface area contributed by atoms with Crippen LogP contribution in [0.4, 0.5) is 5.69 Å². The van der Waals surface area contributed by atoms with Gasteiger partial charge in [0.15, 0.2) is 0 Å². The molecule has 0 atom stereocenters. The average molecular weight is 234 g/mol. The predicted molar refractivity (Wildman–Crippen MR) is 66.8 cm³/mol. The molecule has 0 radical (unpaired) electrons. The molecule has 0 bridgehead atoms. The number of nitro groups is 1. The molecule has 0 heterocycles. The van der Waals surface area contributed by atoms with E-state index in [4.69, 9.17) is 5.73 Å². The van der Waals surface area contributed by atoms with Crippen LogP contribution < -0.4 is 5.73 Å². The van der Waals surface area contributed by atoms with Crippen molar-refractivity contribution in [1.82, 2.24) is 0 Å². The summed E-state index contributed by atoms with van der Waals surface area (Å²) in [5.41, 5.74) is 7.43. The van der Waals surface area contributed by atoms with Crippen molar-refractivity contribution >= 4 is 5.69 Å². The number of nitrogens with zero attached hydrogens (tertiary/aromatic N) is 1. The maximum Gasteiger partial charge on any atom is 0.269 e. The molecule has 1 saturated carbocycles. The Bertz CT molecular complexity index is 394. The molecule has 92 valence electrons. The third-order valence-corrected chi connectivity index (χ3v) is 3.82. The van der Waals surface area contributed by atoms with Crippen molar-refractivity contribution in [3.63, 3.8) is 0 Å². The fraction of sp³-hybridized carbons (Fsp3) is 0.538. The summed E-state index contributed by atoms with van der Waals surface area (Å²) in [4.78, 5) is 10.2. The van der Waals surface area contributed by atoms with Gasteiger partial charge in [0.1, 0.15) is 0 Å². The van der Waals surface area contributed by atoms with Crippen LogP contribution in [0.3, 0.4) is 0 Å². The molecule has 0 amide bonds. The molecule has 0 aliphatic heterocycles. The molecule has 0 unspecified atom stereocenters. The van der Waals surface area contributed by atoms with Crippen molar-refractivity contribution in [2.24, 2.45) is 11.1 Å². The molecular formula is C13H18N2O2. The van der Waals surface area contributed by atoms with Crippen LogP contribution >= 0.6 is 0 Å². The van der Waals surface area contributed by atoms with Gasteiger partial charge in [0.2, 0.25) is 0 Å². The first-order valence-corrected chi connectivity index (χ1v) is 6.09. The molecule has 4 heteroatoms. The minimum atomic E-state index is -0.363. The van der Waals surface area contributed by atoms with E-state index in [0.29, 0.717) is 6.54 Å². The topological polar surface area (TPSA) is 69.2 Å². The minimum Gasteiger partial charge on any atom is -0.330 e. The average Bonchev–Trinajstić information content (AvgIpc) is 2.79. The SMILES string of the molecule is NCC1(Cc2ccc([N+](=O)[O-])cc2)CCCC1. The highest BCUT2D eigenvalue weighted by Crippen LogP contribution is 2.40. The van der Waals surface area contributed by atoms with Crippen LogP contribution in [0.5, 0.6) is 0 Å². The van der Waals surface area contributed by atoms with Crippen LogP contribution in [0.25, 0.3) is 0 Å². The Labute approximate surface area is 101 Å². The molecule has 2 N–H and O–H groups in total. The number of nitrogens with two attached hydrogens (primary N) is 1. The first-order valence-electron chi connectivity index (χ1n) is 6.09. The van der Waals surface area contributed by atoms with Gasteiger partial charge in [-0.25, -0.2) is 0 Å². The first-order chi connectivity index (χ1) is 8.15. The highest BCUT2D eigenvalue weighted by atomic mass is 16.6. The molecule has 1 aromatic rings. The molecule has 1 aromatic carbocycles. The summed E-state index contributed by atoms with van der Waals surface area (Å²) >= 11 is 0. The van der Waals surface area contributed by atoms with E-state index in [9.17, 15) is 10.1 Å². The van der Waals surface area contributed by atoms with Gasteiger partial charge in [-0.15, -0.1) is 0 Å². The van der Waals surface area contributed by atoms with Crippen molar-refractivity contribution in [1.29, 1.82) is 0 Å². The zero-order valence-corrected chi connectivity index (χ0v) is 9.89. The van der Waals surface area contributed by atoms with Crippen molar-refractivity contribution in [2.45, 2.75) is 32.1 Å². The van der Waals surface area contributed by atoms with Crippen LogP contribution in [0.15, 0.2) is 24.3 Å². The summed E-state index contributed by atoms with van der Waals surface area (Å²) in [6, 6.07) is 6.87. The monoisotopic (exact) mass is 234 g/mol. The molecule has 1 fully saturated rings. The summed E-state index contributed by atoms with van der Waals surface area (Å²) in [7, 11) is 0. The fourth-order valence-electron chi connectivity index (χ4n) is 2.75. The molecular weight excluding hydrogens is 216 g/mol. The Morgan fingerprint density at radius 3 is 2.29 bits per heavy atom. The van der Waals surface area contributed by atoms with Crippen LogP contribution in [0.2, 0.25) is 0 Å². The predicted octanol–water partition coefficient (Wildman–Crippen LogP) is 2.66. The summed E-state index contributed by atoms with van der Waals surface area (Å²) in [5, 5.41) is 10.6. The number of hydrogen-bond acceptors (Lipinski definition) is 3. The third-order valence-electron chi connectivity index (χ3n) is 3.82. The molecule has 1 aliphatic carbocycles. The van der Waals surface area contributed by atoms with Crippen molar-refractivity contribution < 1.29 is 4.92 Å². The summed E-state index contributed by atoms with van der Waals surface area (Å²) < 4.78 is 0. The Balaban J connectivity index is 2.10. The fourth-order valence-corrected chi connectivity index (χ4v) is 2.75. The number of rotatable bonds is 4. The van der Waals surface area contributed by atoms with E-state index in [1.165, 1.54) is 25.7 Å². The van der Waals surface area contributed by atoms with Gasteiger partial charge >= 0.3 is 0 Å². The van der Waals surface area contributed by atoms with Crippen LogP contribution in [-0.2, 0) is 6.42 Å². The second-order valence-corrected chi connectivity index (χ2v) is 5.01. The Hall–Kier alpha value is -1.42. The van der Waals surface area contributed by atoms with Gasteiger partial charge in [0.05, 0.1) is 4.92 Å². The lowest BCUT2D eigenvalue weighted by Gasteiger charge is -2.27. The minimum absolute atomic E-state index is 0.155. The van der Waals surface area contributed by atoms with E-state index in [2.05, 4.69) is 0 Å². The summed E-state index contributed by atoms with van der Waals surface area (Å²) in [5.74, 6) is 0. The normalized spacial score (nSPS) is 18.2. The van der Waals surface area contributed by atoms with Gasteiger partial charge in [-0.1, -0.05) is 25.0 Å². The first kappa shape index (κ1) is 12.0. The molecule has 1 aliphatic rings. The number of non-ortho nitro benzene ring substituents is 1.